The molecule has 2 aromatic heterocycles. The topological polar surface area (TPSA) is 37.3 Å². The Hall–Kier alpha value is -7.14. The van der Waals surface area contributed by atoms with Crippen LogP contribution in [0, 0.1) is 0 Å². The third-order valence-electron chi connectivity index (χ3n) is 11.1. The number of fused-ring (bicyclic) bond motifs is 7. The van der Waals surface area contributed by atoms with E-state index in [9.17, 15) is 0 Å². The molecular weight excluding hydrogens is 711 g/mol. The van der Waals surface area contributed by atoms with Crippen LogP contribution in [0.1, 0.15) is 22.9 Å². The highest BCUT2D eigenvalue weighted by Crippen LogP contribution is 2.45. The molecule has 10 aromatic rings. The van der Waals surface area contributed by atoms with Crippen LogP contribution in [-0.2, 0) is 0 Å². The Labute approximate surface area is 335 Å². The number of nitrogens with one attached hydrogen (secondary N) is 1. The largest absolute Gasteiger partial charge is 0.359 e. The summed E-state index contributed by atoms with van der Waals surface area (Å²) in [6.45, 7) is 0. The van der Waals surface area contributed by atoms with Crippen molar-refractivity contribution in [1.82, 2.24) is 10.3 Å². The molecule has 0 amide bonds. The Morgan fingerprint density at radius 1 is 0.404 bits per heavy atom. The lowest BCUT2D eigenvalue weighted by atomic mass is 9.97. The summed E-state index contributed by atoms with van der Waals surface area (Å²) in [4.78, 5) is 10.7. The molecule has 1 aliphatic heterocycles. The molecule has 0 bridgehead atoms. The normalized spacial score (nSPS) is 14.1. The minimum Gasteiger partial charge on any atom is -0.359 e. The molecule has 4 heteroatoms. The smallest absolute Gasteiger partial charge is 0.146 e. The Morgan fingerprint density at radius 3 is 1.61 bits per heavy atom. The standard InChI is InChI=1S/C53H35N3S/c1-4-13-34(14-5-1)36-23-27-38(28-24-36)47-33-48(39-29-25-37(26-30-39)35-15-6-2-7-16-35)56-53(55-47)45-21-12-20-41-42-31-32-44-49(52(42)57-51(41)45)43-19-10-11-22-46(43)54-50(44)40-17-8-3-9-18-40/h1-33,53,55H. The number of allylic oxidation sites excluding steroid dienone is 1. The maximum absolute atomic E-state index is 5.48. The third kappa shape index (κ3) is 5.90. The molecule has 1 aliphatic rings. The Bertz CT molecular complexity index is 3170. The van der Waals surface area contributed by atoms with Crippen molar-refractivity contribution in [2.24, 2.45) is 4.99 Å². The lowest BCUT2D eigenvalue weighted by Gasteiger charge is -2.25. The lowest BCUT2D eigenvalue weighted by molar-refractivity contribution is 0.670. The molecule has 1 N–H and O–H groups in total. The van der Waals surface area contributed by atoms with Crippen LogP contribution in [0.2, 0.25) is 0 Å². The molecular formula is C53H35N3S. The van der Waals surface area contributed by atoms with E-state index in [4.69, 9.17) is 9.98 Å². The third-order valence-corrected chi connectivity index (χ3v) is 12.4. The quantitative estimate of drug-likeness (QED) is 0.172. The zero-order valence-corrected chi connectivity index (χ0v) is 31.7. The van der Waals surface area contributed by atoms with E-state index in [0.29, 0.717) is 0 Å². The summed E-state index contributed by atoms with van der Waals surface area (Å²) in [6, 6.07) is 69.1. The van der Waals surface area contributed by atoms with Gasteiger partial charge in [-0.05, 0) is 45.5 Å². The predicted molar refractivity (Wildman–Crippen MR) is 242 cm³/mol. The van der Waals surface area contributed by atoms with Gasteiger partial charge in [-0.1, -0.05) is 188 Å². The van der Waals surface area contributed by atoms with Crippen LogP contribution >= 0.6 is 11.3 Å². The number of aromatic nitrogens is 1. The summed E-state index contributed by atoms with van der Waals surface area (Å²) >= 11 is 1.87. The van der Waals surface area contributed by atoms with Gasteiger partial charge in [-0.25, -0.2) is 4.98 Å². The van der Waals surface area contributed by atoms with Crippen LogP contribution in [0.4, 0.5) is 0 Å². The second-order valence-corrected chi connectivity index (χ2v) is 15.6. The zero-order valence-electron chi connectivity index (χ0n) is 30.9. The van der Waals surface area contributed by atoms with Gasteiger partial charge in [0.15, 0.2) is 0 Å². The summed E-state index contributed by atoms with van der Waals surface area (Å²) in [5.74, 6) is 0. The molecule has 268 valence electrons. The molecule has 0 radical (unpaired) electrons. The minimum atomic E-state index is -0.302. The average Bonchev–Trinajstić information content (AvgIpc) is 3.69. The second kappa shape index (κ2) is 13.9. The van der Waals surface area contributed by atoms with E-state index in [-0.39, 0.29) is 6.17 Å². The van der Waals surface area contributed by atoms with E-state index in [1.807, 2.05) is 11.3 Å². The number of hydrogen-bond donors (Lipinski definition) is 1. The van der Waals surface area contributed by atoms with Crippen LogP contribution in [-0.4, -0.2) is 10.7 Å². The molecule has 0 saturated carbocycles. The first-order valence-electron chi connectivity index (χ1n) is 19.3. The Kier molecular flexibility index (Phi) is 8.08. The molecule has 1 atom stereocenters. The van der Waals surface area contributed by atoms with Gasteiger partial charge >= 0.3 is 0 Å². The average molecular weight is 746 g/mol. The van der Waals surface area contributed by atoms with Gasteiger partial charge in [-0.15, -0.1) is 11.3 Å². The van der Waals surface area contributed by atoms with E-state index < -0.39 is 0 Å². The van der Waals surface area contributed by atoms with Gasteiger partial charge in [-0.2, -0.15) is 0 Å². The van der Waals surface area contributed by atoms with Crippen molar-refractivity contribution in [2.75, 3.05) is 0 Å². The van der Waals surface area contributed by atoms with Gasteiger partial charge < -0.3 is 5.32 Å². The van der Waals surface area contributed by atoms with Gasteiger partial charge in [0.05, 0.1) is 16.9 Å². The van der Waals surface area contributed by atoms with Crippen molar-refractivity contribution in [3.63, 3.8) is 0 Å². The van der Waals surface area contributed by atoms with Gasteiger partial charge in [0.1, 0.15) is 6.17 Å². The molecule has 0 aliphatic carbocycles. The maximum atomic E-state index is 5.48. The van der Waals surface area contributed by atoms with Crippen molar-refractivity contribution in [1.29, 1.82) is 0 Å². The number of hydrogen-bond acceptors (Lipinski definition) is 4. The predicted octanol–water partition coefficient (Wildman–Crippen LogP) is 13.9. The van der Waals surface area contributed by atoms with E-state index >= 15 is 0 Å². The summed E-state index contributed by atoms with van der Waals surface area (Å²) in [5, 5.41) is 9.97. The zero-order chi connectivity index (χ0) is 37.7. The van der Waals surface area contributed by atoms with Gasteiger partial charge in [-0.3, -0.25) is 4.99 Å². The Morgan fingerprint density at radius 2 is 0.930 bits per heavy atom. The monoisotopic (exact) mass is 745 g/mol. The van der Waals surface area contributed by atoms with E-state index in [0.717, 1.165) is 44.9 Å². The summed E-state index contributed by atoms with van der Waals surface area (Å²) in [6.07, 6.45) is 1.90. The molecule has 1 unspecified atom stereocenters. The first kappa shape index (κ1) is 33.2. The van der Waals surface area contributed by atoms with Crippen LogP contribution < -0.4 is 5.32 Å². The van der Waals surface area contributed by atoms with Crippen LogP contribution in [0.15, 0.2) is 205 Å². The fraction of sp³-hybridized carbons (Fsp3) is 0.0189. The molecule has 11 rings (SSSR count). The fourth-order valence-corrected chi connectivity index (χ4v) is 9.69. The molecule has 57 heavy (non-hydrogen) atoms. The summed E-state index contributed by atoms with van der Waals surface area (Å²) in [5.41, 5.74) is 13.3. The van der Waals surface area contributed by atoms with Gasteiger partial charge in [0.2, 0.25) is 0 Å². The number of thiophene rings is 1. The van der Waals surface area contributed by atoms with Crippen LogP contribution in [0.3, 0.4) is 0 Å². The highest BCUT2D eigenvalue weighted by molar-refractivity contribution is 7.27. The first-order chi connectivity index (χ1) is 28.2. The fourth-order valence-electron chi connectivity index (χ4n) is 8.29. The Balaban J connectivity index is 1.07. The van der Waals surface area contributed by atoms with E-state index in [2.05, 4.69) is 206 Å². The highest BCUT2D eigenvalue weighted by atomic mass is 32.1. The van der Waals surface area contributed by atoms with Crippen molar-refractivity contribution < 1.29 is 0 Å². The molecule has 0 fully saturated rings. The number of rotatable bonds is 6. The lowest BCUT2D eigenvalue weighted by Crippen LogP contribution is -2.25. The molecule has 0 spiro atoms. The van der Waals surface area contributed by atoms with E-state index in [1.54, 1.807) is 0 Å². The number of nitrogens with zero attached hydrogens (tertiary/aromatic N) is 2. The SMILES string of the molecule is C1=C(c2ccc(-c3ccccc3)cc2)NC(c2cccc3c2sc2c3ccc3c(-c4ccccc4)nc4ccccc4c32)N=C1c1ccc(-c2ccccc2)cc1. The van der Waals surface area contributed by atoms with Crippen molar-refractivity contribution in [3.05, 3.63) is 217 Å². The molecule has 8 aromatic carbocycles. The van der Waals surface area contributed by atoms with Gasteiger partial charge in [0.25, 0.3) is 0 Å². The molecule has 3 nitrogen and oxygen atoms in total. The summed E-state index contributed by atoms with van der Waals surface area (Å²) in [7, 11) is 0. The van der Waals surface area contributed by atoms with E-state index in [1.165, 1.54) is 58.6 Å². The second-order valence-electron chi connectivity index (χ2n) is 14.5. The van der Waals surface area contributed by atoms with Crippen molar-refractivity contribution in [2.45, 2.75) is 6.17 Å². The maximum Gasteiger partial charge on any atom is 0.146 e. The van der Waals surface area contributed by atoms with Gasteiger partial charge in [0, 0.05) is 53.2 Å². The summed E-state index contributed by atoms with van der Waals surface area (Å²) < 4.78 is 2.51. The number of benzene rings is 8. The minimum absolute atomic E-state index is 0.302. The van der Waals surface area contributed by atoms with Crippen LogP contribution in [0.25, 0.3) is 81.1 Å². The van der Waals surface area contributed by atoms with Crippen molar-refractivity contribution >= 4 is 64.6 Å². The molecule has 0 saturated heterocycles. The molecule has 3 heterocycles. The number of pyridine rings is 1. The van der Waals surface area contributed by atoms with Crippen LogP contribution in [0.5, 0.6) is 0 Å². The highest BCUT2D eigenvalue weighted by Gasteiger charge is 2.24. The first-order valence-corrected chi connectivity index (χ1v) is 20.2. The number of aliphatic imine (C=N–C) groups is 1. The van der Waals surface area contributed by atoms with Crippen molar-refractivity contribution in [3.8, 4) is 33.5 Å². The number of para-hydroxylation sites is 1.